The van der Waals surface area contributed by atoms with Gasteiger partial charge in [0.1, 0.15) is 0 Å². The number of rotatable bonds is 3. The number of carbonyl (C=O) groups is 1. The van der Waals surface area contributed by atoms with Crippen LogP contribution in [0.2, 0.25) is 0 Å². The van der Waals surface area contributed by atoms with Crippen molar-refractivity contribution in [2.75, 3.05) is 37.3 Å². The smallest absolute Gasteiger partial charge is 0.229 e. The molecule has 0 aliphatic carbocycles. The fourth-order valence-corrected chi connectivity index (χ4v) is 4.68. The number of likely N-dealkylation sites (tertiary alicyclic amines) is 1. The van der Waals surface area contributed by atoms with Crippen LogP contribution in [0, 0.1) is 5.92 Å². The van der Waals surface area contributed by atoms with Crippen LogP contribution >= 0.6 is 23.1 Å². The van der Waals surface area contributed by atoms with Crippen LogP contribution in [0.3, 0.4) is 0 Å². The molecular weight excluding hydrogens is 314 g/mol. The Labute approximate surface area is 138 Å². The van der Waals surface area contributed by atoms with E-state index in [2.05, 4.69) is 29.4 Å². The summed E-state index contributed by atoms with van der Waals surface area (Å²) in [6.45, 7) is 3.55. The van der Waals surface area contributed by atoms with Crippen molar-refractivity contribution in [3.05, 3.63) is 18.2 Å². The predicted octanol–water partition coefficient (Wildman–Crippen LogP) is 3.08. The van der Waals surface area contributed by atoms with Crippen molar-refractivity contribution in [2.45, 2.75) is 17.7 Å². The third kappa shape index (κ3) is 2.48. The van der Waals surface area contributed by atoms with E-state index in [1.54, 1.807) is 23.1 Å². The quantitative estimate of drug-likeness (QED) is 0.809. The van der Waals surface area contributed by atoms with Gasteiger partial charge in [0.2, 0.25) is 5.91 Å². The molecule has 2 aliphatic rings. The van der Waals surface area contributed by atoms with Gasteiger partial charge < -0.3 is 9.80 Å². The molecule has 0 N–H and O–H groups in total. The predicted molar refractivity (Wildman–Crippen MR) is 92.9 cm³/mol. The molecule has 2 saturated heterocycles. The van der Waals surface area contributed by atoms with Crippen LogP contribution in [0.4, 0.5) is 5.13 Å². The van der Waals surface area contributed by atoms with Crippen molar-refractivity contribution >= 4 is 44.4 Å². The molecule has 3 heterocycles. The third-order valence-corrected chi connectivity index (χ3v) is 6.31. The largest absolute Gasteiger partial charge is 0.346 e. The summed E-state index contributed by atoms with van der Waals surface area (Å²) >= 11 is 3.49. The first-order chi connectivity index (χ1) is 10.7. The fourth-order valence-electron chi connectivity index (χ4n) is 3.14. The van der Waals surface area contributed by atoms with Crippen molar-refractivity contribution in [1.82, 2.24) is 9.88 Å². The van der Waals surface area contributed by atoms with Crippen LogP contribution in [0.15, 0.2) is 23.1 Å². The molecule has 2 fully saturated rings. The number of nitrogens with zero attached hydrogens (tertiary/aromatic N) is 3. The van der Waals surface area contributed by atoms with Gasteiger partial charge in [-0.25, -0.2) is 4.98 Å². The first-order valence-corrected chi connectivity index (χ1v) is 9.77. The Hall–Kier alpha value is -1.27. The molecule has 1 aromatic heterocycles. The molecular formula is C16H19N3OS2. The molecule has 1 amide bonds. The highest BCUT2D eigenvalue weighted by Crippen LogP contribution is 2.35. The van der Waals surface area contributed by atoms with Gasteiger partial charge in [0.25, 0.3) is 0 Å². The second-order valence-electron chi connectivity index (χ2n) is 5.96. The minimum atomic E-state index is 0.173. The highest BCUT2D eigenvalue weighted by atomic mass is 32.2. The summed E-state index contributed by atoms with van der Waals surface area (Å²) in [5.41, 5.74) is 1.06. The molecule has 0 saturated carbocycles. The van der Waals surface area contributed by atoms with E-state index in [1.165, 1.54) is 9.60 Å². The first-order valence-electron chi connectivity index (χ1n) is 7.73. The van der Waals surface area contributed by atoms with E-state index in [0.29, 0.717) is 5.91 Å². The molecule has 116 valence electrons. The minimum Gasteiger partial charge on any atom is -0.346 e. The topological polar surface area (TPSA) is 36.4 Å². The van der Waals surface area contributed by atoms with Crippen LogP contribution in [-0.2, 0) is 4.79 Å². The molecule has 2 aliphatic heterocycles. The molecule has 4 rings (SSSR count). The van der Waals surface area contributed by atoms with E-state index < -0.39 is 0 Å². The number of amides is 1. The lowest BCUT2D eigenvalue weighted by atomic mass is 9.99. The normalized spacial score (nSPS) is 19.0. The van der Waals surface area contributed by atoms with Crippen LogP contribution < -0.4 is 4.90 Å². The standard InChI is InChI=1S/C16H19N3OS2/c1-21-12-4-5-13-14(8-12)22-16(17-13)19-9-11(10-19)15(20)18-6-2-3-7-18/h4-5,8,11H,2-3,6-7,9-10H2,1H3. The van der Waals surface area contributed by atoms with E-state index in [-0.39, 0.29) is 5.92 Å². The molecule has 0 spiro atoms. The van der Waals surface area contributed by atoms with Gasteiger partial charge >= 0.3 is 0 Å². The second-order valence-corrected chi connectivity index (χ2v) is 7.85. The van der Waals surface area contributed by atoms with Crippen LogP contribution in [0.25, 0.3) is 10.2 Å². The maximum absolute atomic E-state index is 12.3. The number of aromatic nitrogens is 1. The molecule has 1 aromatic carbocycles. The summed E-state index contributed by atoms with van der Waals surface area (Å²) in [7, 11) is 0. The monoisotopic (exact) mass is 333 g/mol. The average Bonchev–Trinajstić information content (AvgIpc) is 3.14. The number of benzene rings is 1. The van der Waals surface area contributed by atoms with Crippen LogP contribution in [-0.4, -0.2) is 48.2 Å². The van der Waals surface area contributed by atoms with Crippen molar-refractivity contribution in [3.63, 3.8) is 0 Å². The van der Waals surface area contributed by atoms with E-state index in [4.69, 9.17) is 4.98 Å². The Morgan fingerprint density at radius 1 is 1.32 bits per heavy atom. The van der Waals surface area contributed by atoms with E-state index in [9.17, 15) is 4.79 Å². The van der Waals surface area contributed by atoms with E-state index >= 15 is 0 Å². The Morgan fingerprint density at radius 3 is 2.82 bits per heavy atom. The van der Waals surface area contributed by atoms with Gasteiger partial charge in [0, 0.05) is 31.1 Å². The third-order valence-electron chi connectivity index (χ3n) is 4.50. The van der Waals surface area contributed by atoms with Crippen molar-refractivity contribution < 1.29 is 4.79 Å². The van der Waals surface area contributed by atoms with Crippen molar-refractivity contribution in [1.29, 1.82) is 0 Å². The van der Waals surface area contributed by atoms with Gasteiger partial charge in [-0.05, 0) is 37.3 Å². The number of hydrogen-bond donors (Lipinski definition) is 0. The van der Waals surface area contributed by atoms with E-state index in [0.717, 1.165) is 49.7 Å². The summed E-state index contributed by atoms with van der Waals surface area (Å²) in [6, 6.07) is 6.41. The molecule has 4 nitrogen and oxygen atoms in total. The maximum atomic E-state index is 12.3. The fraction of sp³-hybridized carbons (Fsp3) is 0.500. The highest BCUT2D eigenvalue weighted by Gasteiger charge is 2.37. The minimum absolute atomic E-state index is 0.173. The number of thioether (sulfide) groups is 1. The number of carbonyl (C=O) groups excluding carboxylic acids is 1. The molecule has 0 atom stereocenters. The number of anilines is 1. The zero-order chi connectivity index (χ0) is 15.1. The van der Waals surface area contributed by atoms with Crippen LogP contribution in [0.5, 0.6) is 0 Å². The Kier molecular flexibility index (Phi) is 3.74. The van der Waals surface area contributed by atoms with Crippen LogP contribution in [0.1, 0.15) is 12.8 Å². The van der Waals surface area contributed by atoms with E-state index in [1.807, 2.05) is 4.90 Å². The lowest BCUT2D eigenvalue weighted by Crippen LogP contribution is -2.54. The summed E-state index contributed by atoms with van der Waals surface area (Å²) in [5.74, 6) is 0.520. The zero-order valence-corrected chi connectivity index (χ0v) is 14.3. The molecule has 22 heavy (non-hydrogen) atoms. The lowest BCUT2D eigenvalue weighted by molar-refractivity contribution is -0.135. The van der Waals surface area contributed by atoms with Crippen molar-refractivity contribution in [2.24, 2.45) is 5.92 Å². The number of fused-ring (bicyclic) bond motifs is 1. The average molecular weight is 333 g/mol. The molecule has 2 aromatic rings. The van der Waals surface area contributed by atoms with Gasteiger partial charge in [-0.2, -0.15) is 0 Å². The van der Waals surface area contributed by atoms with Gasteiger partial charge in [0.15, 0.2) is 5.13 Å². The van der Waals surface area contributed by atoms with Gasteiger partial charge in [-0.1, -0.05) is 11.3 Å². The zero-order valence-electron chi connectivity index (χ0n) is 12.6. The Morgan fingerprint density at radius 2 is 2.09 bits per heavy atom. The van der Waals surface area contributed by atoms with Gasteiger partial charge in [0.05, 0.1) is 16.1 Å². The molecule has 6 heteroatoms. The molecule has 0 bridgehead atoms. The van der Waals surface area contributed by atoms with Gasteiger partial charge in [-0.15, -0.1) is 11.8 Å². The molecule has 0 radical (unpaired) electrons. The second kappa shape index (κ2) is 5.74. The number of hydrogen-bond acceptors (Lipinski definition) is 5. The Bertz CT molecular complexity index is 702. The maximum Gasteiger partial charge on any atom is 0.229 e. The first kappa shape index (κ1) is 14.3. The summed E-state index contributed by atoms with van der Waals surface area (Å²) in [6.07, 6.45) is 4.42. The number of thiazole rings is 1. The SMILES string of the molecule is CSc1ccc2nc(N3CC(C(=O)N4CCCC4)C3)sc2c1. The summed E-state index contributed by atoms with van der Waals surface area (Å²) < 4.78 is 1.23. The Balaban J connectivity index is 1.45. The molecule has 0 unspecified atom stereocenters. The van der Waals surface area contributed by atoms with Crippen molar-refractivity contribution in [3.8, 4) is 0 Å². The highest BCUT2D eigenvalue weighted by molar-refractivity contribution is 7.98. The lowest BCUT2D eigenvalue weighted by Gasteiger charge is -2.39. The summed E-state index contributed by atoms with van der Waals surface area (Å²) in [4.78, 5) is 22.6. The summed E-state index contributed by atoms with van der Waals surface area (Å²) in [5, 5.41) is 1.05. The van der Waals surface area contributed by atoms with Gasteiger partial charge in [-0.3, -0.25) is 4.79 Å².